The summed E-state index contributed by atoms with van der Waals surface area (Å²) in [6, 6.07) is 4.87. The monoisotopic (exact) mass is 445 g/mol. The van der Waals surface area contributed by atoms with Gasteiger partial charge in [0.2, 0.25) is 10.0 Å². The summed E-state index contributed by atoms with van der Waals surface area (Å²) in [5.41, 5.74) is -1.32. The number of pyridine rings is 1. The van der Waals surface area contributed by atoms with Crippen molar-refractivity contribution in [1.29, 1.82) is 0 Å². The maximum atomic E-state index is 13.4. The van der Waals surface area contributed by atoms with Gasteiger partial charge in [-0.15, -0.1) is 0 Å². The number of methoxy groups -OCH3 is 1. The van der Waals surface area contributed by atoms with E-state index in [1.165, 1.54) is 19.2 Å². The van der Waals surface area contributed by atoms with Crippen LogP contribution in [0.5, 0.6) is 5.75 Å². The molecule has 12 heteroatoms. The predicted octanol–water partition coefficient (Wildman–Crippen LogP) is 2.22. The van der Waals surface area contributed by atoms with Gasteiger partial charge >= 0.3 is 0 Å². The van der Waals surface area contributed by atoms with E-state index in [0.29, 0.717) is 0 Å². The average molecular weight is 445 g/mol. The Labute approximate surface area is 170 Å². The van der Waals surface area contributed by atoms with Gasteiger partial charge in [-0.25, -0.2) is 31.3 Å². The Bertz CT molecular complexity index is 1060. The quantitative estimate of drug-likeness (QED) is 0.602. The van der Waals surface area contributed by atoms with Crippen molar-refractivity contribution in [2.45, 2.75) is 36.3 Å². The van der Waals surface area contributed by atoms with Crippen LogP contribution >= 0.6 is 0 Å². The van der Waals surface area contributed by atoms with Gasteiger partial charge in [0.25, 0.3) is 12.3 Å². The van der Waals surface area contributed by atoms with Crippen LogP contribution in [0.2, 0.25) is 0 Å². The Morgan fingerprint density at radius 3 is 2.57 bits per heavy atom. The Balaban J connectivity index is 1.86. The molecule has 0 atom stereocenters. The van der Waals surface area contributed by atoms with Gasteiger partial charge in [-0.1, -0.05) is 0 Å². The maximum Gasteiger partial charge on any atom is 0.283 e. The third-order valence-corrected chi connectivity index (χ3v) is 6.00. The Kier molecular flexibility index (Phi) is 6.29. The van der Waals surface area contributed by atoms with E-state index in [0.717, 1.165) is 18.2 Å². The highest BCUT2D eigenvalue weighted by molar-refractivity contribution is 7.89. The number of carbonyl (C=O) groups is 1. The number of aliphatic hydroxyl groups is 1. The highest BCUT2D eigenvalue weighted by atomic mass is 32.2. The molecular weight excluding hydrogens is 427 g/mol. The highest BCUT2D eigenvalue weighted by Crippen LogP contribution is 2.27. The smallest absolute Gasteiger partial charge is 0.283 e. The summed E-state index contributed by atoms with van der Waals surface area (Å²) in [5, 5.41) is 11.5. The molecule has 3 N–H and O–H groups in total. The van der Waals surface area contributed by atoms with Crippen LogP contribution in [-0.2, 0) is 10.0 Å². The molecule has 1 aromatic heterocycles. The molecular formula is C18H18F3N3O5S. The minimum atomic E-state index is -3.98. The van der Waals surface area contributed by atoms with Crippen molar-refractivity contribution < 1.29 is 36.2 Å². The van der Waals surface area contributed by atoms with Gasteiger partial charge in [-0.05, 0) is 43.2 Å². The number of amides is 1. The van der Waals surface area contributed by atoms with E-state index in [9.17, 15) is 31.5 Å². The minimum Gasteiger partial charge on any atom is -0.496 e. The van der Waals surface area contributed by atoms with Gasteiger partial charge in [0, 0.05) is 6.04 Å². The first-order valence-corrected chi connectivity index (χ1v) is 10.2. The summed E-state index contributed by atoms with van der Waals surface area (Å²) in [6.45, 7) is 0. The summed E-state index contributed by atoms with van der Waals surface area (Å²) < 4.78 is 71.5. The molecule has 1 fully saturated rings. The SMILES string of the molecule is COc1ccc(S(=O)(=O)N[C@H]2C[C@@H](O)C2)cc1C(=O)Nc1ccc(F)c(C(F)F)n1. The normalized spacial score (nSPS) is 18.7. The number of ether oxygens (including phenoxy) is 1. The number of aliphatic hydroxyl groups excluding tert-OH is 1. The highest BCUT2D eigenvalue weighted by Gasteiger charge is 2.32. The molecule has 1 saturated carbocycles. The first-order valence-electron chi connectivity index (χ1n) is 8.75. The zero-order chi connectivity index (χ0) is 22.1. The lowest BCUT2D eigenvalue weighted by Gasteiger charge is -2.31. The van der Waals surface area contributed by atoms with Crippen molar-refractivity contribution >= 4 is 21.7 Å². The van der Waals surface area contributed by atoms with E-state index >= 15 is 0 Å². The van der Waals surface area contributed by atoms with Crippen molar-refractivity contribution in [1.82, 2.24) is 9.71 Å². The van der Waals surface area contributed by atoms with Crippen LogP contribution in [0, 0.1) is 5.82 Å². The fraction of sp³-hybridized carbons (Fsp3) is 0.333. The van der Waals surface area contributed by atoms with Crippen LogP contribution in [0.1, 0.15) is 35.3 Å². The number of benzene rings is 1. The second kappa shape index (κ2) is 8.58. The molecule has 0 saturated heterocycles. The molecule has 30 heavy (non-hydrogen) atoms. The number of rotatable bonds is 7. The third-order valence-electron chi connectivity index (χ3n) is 4.48. The van der Waals surface area contributed by atoms with Crippen molar-refractivity contribution in [2.24, 2.45) is 0 Å². The van der Waals surface area contributed by atoms with Crippen LogP contribution < -0.4 is 14.8 Å². The van der Waals surface area contributed by atoms with Gasteiger partial charge in [0.15, 0.2) is 5.82 Å². The predicted molar refractivity (Wildman–Crippen MR) is 99.4 cm³/mol. The Hall–Kier alpha value is -2.70. The number of halogens is 3. The summed E-state index contributed by atoms with van der Waals surface area (Å²) >= 11 is 0. The molecule has 0 bridgehead atoms. The summed E-state index contributed by atoms with van der Waals surface area (Å²) in [6.07, 6.45) is -3.17. The summed E-state index contributed by atoms with van der Waals surface area (Å²) in [4.78, 5) is 15.8. The number of aromatic nitrogens is 1. The van der Waals surface area contributed by atoms with E-state index in [1.54, 1.807) is 0 Å². The van der Waals surface area contributed by atoms with Gasteiger partial charge in [0.1, 0.15) is 17.3 Å². The van der Waals surface area contributed by atoms with Crippen molar-refractivity contribution in [3.05, 3.63) is 47.4 Å². The van der Waals surface area contributed by atoms with Crippen molar-refractivity contribution in [3.63, 3.8) is 0 Å². The van der Waals surface area contributed by atoms with Gasteiger partial charge < -0.3 is 15.2 Å². The molecule has 3 rings (SSSR count). The molecule has 1 heterocycles. The van der Waals surface area contributed by atoms with Crippen LogP contribution in [0.4, 0.5) is 19.0 Å². The number of sulfonamides is 1. The van der Waals surface area contributed by atoms with E-state index < -0.39 is 46.0 Å². The molecule has 1 aliphatic rings. The van der Waals surface area contributed by atoms with E-state index in [4.69, 9.17) is 4.74 Å². The van der Waals surface area contributed by atoms with Gasteiger partial charge in [0.05, 0.1) is 23.7 Å². The van der Waals surface area contributed by atoms with Crippen LogP contribution in [0.25, 0.3) is 0 Å². The van der Waals surface area contributed by atoms with Crippen LogP contribution in [0.3, 0.4) is 0 Å². The summed E-state index contributed by atoms with van der Waals surface area (Å²) in [7, 11) is -2.72. The van der Waals surface area contributed by atoms with Crippen LogP contribution in [0.15, 0.2) is 35.2 Å². The Morgan fingerprint density at radius 1 is 1.27 bits per heavy atom. The lowest BCUT2D eigenvalue weighted by Crippen LogP contribution is -2.46. The lowest BCUT2D eigenvalue weighted by molar-refractivity contribution is 0.0712. The number of hydrogen-bond acceptors (Lipinski definition) is 6. The van der Waals surface area contributed by atoms with E-state index in [-0.39, 0.29) is 34.9 Å². The number of nitrogens with zero attached hydrogens (tertiary/aromatic N) is 1. The largest absolute Gasteiger partial charge is 0.496 e. The molecule has 1 aromatic carbocycles. The molecule has 2 aromatic rings. The number of nitrogens with one attached hydrogen (secondary N) is 2. The molecule has 1 amide bonds. The van der Waals surface area contributed by atoms with E-state index in [2.05, 4.69) is 15.0 Å². The van der Waals surface area contributed by atoms with Gasteiger partial charge in [-0.2, -0.15) is 0 Å². The van der Waals surface area contributed by atoms with Crippen molar-refractivity contribution in [3.8, 4) is 5.75 Å². The second-order valence-corrected chi connectivity index (χ2v) is 8.34. The number of hydrogen-bond donors (Lipinski definition) is 3. The van der Waals surface area contributed by atoms with E-state index in [1.807, 2.05) is 0 Å². The molecule has 0 unspecified atom stereocenters. The zero-order valence-electron chi connectivity index (χ0n) is 15.6. The third kappa shape index (κ3) is 4.71. The lowest BCUT2D eigenvalue weighted by atomic mass is 9.91. The number of alkyl halides is 2. The first-order chi connectivity index (χ1) is 14.1. The Morgan fingerprint density at radius 2 is 1.97 bits per heavy atom. The van der Waals surface area contributed by atoms with Crippen LogP contribution in [-0.4, -0.2) is 43.7 Å². The molecule has 8 nitrogen and oxygen atoms in total. The average Bonchev–Trinajstić information content (AvgIpc) is 2.67. The molecule has 162 valence electrons. The maximum absolute atomic E-state index is 13.4. The minimum absolute atomic E-state index is 0.0294. The topological polar surface area (TPSA) is 118 Å². The summed E-state index contributed by atoms with van der Waals surface area (Å²) in [5.74, 6) is -2.42. The fourth-order valence-corrected chi connectivity index (χ4v) is 4.15. The fourth-order valence-electron chi connectivity index (χ4n) is 2.87. The standard InChI is InChI=1S/C18H18F3N3O5S/c1-29-14-4-2-11(30(27,28)24-9-6-10(25)7-9)8-12(14)18(26)23-15-5-3-13(19)16(22-15)17(20)21/h2-5,8-10,17,24-25H,6-7H2,1H3,(H,22,23,26)/t9-,10+. The number of anilines is 1. The number of carbonyl (C=O) groups excluding carboxylic acids is 1. The van der Waals surface area contributed by atoms with Gasteiger partial charge in [-0.3, -0.25) is 4.79 Å². The second-order valence-electron chi connectivity index (χ2n) is 6.62. The van der Waals surface area contributed by atoms with Crippen molar-refractivity contribution in [2.75, 3.05) is 12.4 Å². The zero-order valence-corrected chi connectivity index (χ0v) is 16.4. The molecule has 0 radical (unpaired) electrons. The molecule has 1 aliphatic carbocycles. The molecule has 0 aliphatic heterocycles. The first kappa shape index (κ1) is 22.0. The molecule has 0 spiro atoms.